The van der Waals surface area contributed by atoms with Gasteiger partial charge in [0.1, 0.15) is 24.4 Å². The van der Waals surface area contributed by atoms with E-state index in [1.165, 1.54) is 0 Å². The van der Waals surface area contributed by atoms with Gasteiger partial charge in [-0.05, 0) is 11.6 Å². The molecule has 3 rings (SSSR count). The van der Waals surface area contributed by atoms with Crippen molar-refractivity contribution in [3.63, 3.8) is 0 Å². The molecule has 2 heterocycles. The first kappa shape index (κ1) is 18.8. The number of carboxylic acid groups (broad SMARTS) is 1. The maximum atomic E-state index is 11.7. The zero-order chi connectivity index (χ0) is 18.9. The van der Waals surface area contributed by atoms with Gasteiger partial charge in [0.15, 0.2) is 5.72 Å². The lowest BCUT2D eigenvalue weighted by Gasteiger charge is -2.34. The Kier molecular flexibility index (Phi) is 5.28. The van der Waals surface area contributed by atoms with Crippen LogP contribution in [0.5, 0.6) is 0 Å². The minimum Gasteiger partial charge on any atom is -0.480 e. The number of benzene rings is 1. The molecule has 142 valence electrons. The second-order valence-electron chi connectivity index (χ2n) is 6.42. The molecule has 0 bridgehead atoms. The third-order valence-electron chi connectivity index (χ3n) is 4.77. The van der Waals surface area contributed by atoms with Crippen LogP contribution in [0.15, 0.2) is 30.5 Å². The highest BCUT2D eigenvalue weighted by atomic mass is 16.6. The second-order valence-corrected chi connectivity index (χ2v) is 6.42. The Bertz CT molecular complexity index is 779. The maximum absolute atomic E-state index is 11.7. The largest absolute Gasteiger partial charge is 0.480 e. The van der Waals surface area contributed by atoms with Crippen molar-refractivity contribution in [1.82, 2.24) is 10.3 Å². The summed E-state index contributed by atoms with van der Waals surface area (Å²) in [5.41, 5.74) is -0.293. The average molecular weight is 366 g/mol. The summed E-state index contributed by atoms with van der Waals surface area (Å²) in [5.74, 6) is -1.21. The van der Waals surface area contributed by atoms with Gasteiger partial charge in [0.2, 0.25) is 0 Å². The highest BCUT2D eigenvalue weighted by Gasteiger charge is 2.55. The fourth-order valence-electron chi connectivity index (χ4n) is 3.35. The number of aromatic nitrogens is 1. The van der Waals surface area contributed by atoms with Gasteiger partial charge in [-0.15, -0.1) is 0 Å². The van der Waals surface area contributed by atoms with Gasteiger partial charge >= 0.3 is 5.97 Å². The van der Waals surface area contributed by atoms with E-state index in [4.69, 9.17) is 4.74 Å². The van der Waals surface area contributed by atoms with Gasteiger partial charge in [-0.25, -0.2) is 0 Å². The van der Waals surface area contributed by atoms with Crippen LogP contribution in [0.25, 0.3) is 10.9 Å². The molecule has 0 aliphatic carbocycles. The number of hydrogen-bond acceptors (Lipinski definition) is 7. The Morgan fingerprint density at radius 1 is 1.31 bits per heavy atom. The monoisotopic (exact) mass is 366 g/mol. The Hall–Kier alpha value is -2.01. The molecule has 2 unspecified atom stereocenters. The number of aliphatic hydroxyl groups is 4. The number of para-hydroxylation sites is 1. The first-order valence-corrected chi connectivity index (χ1v) is 8.23. The molecule has 9 heteroatoms. The Morgan fingerprint density at radius 2 is 2.04 bits per heavy atom. The van der Waals surface area contributed by atoms with Gasteiger partial charge in [-0.3, -0.25) is 10.1 Å². The molecule has 0 spiro atoms. The molecule has 5 atom stereocenters. The summed E-state index contributed by atoms with van der Waals surface area (Å²) in [6.45, 7) is -1.36. The van der Waals surface area contributed by atoms with Crippen LogP contribution in [0.4, 0.5) is 0 Å². The molecular formula is C17H22N2O7. The van der Waals surface area contributed by atoms with E-state index >= 15 is 0 Å². The summed E-state index contributed by atoms with van der Waals surface area (Å²) < 4.78 is 5.38. The predicted molar refractivity (Wildman–Crippen MR) is 90.4 cm³/mol. The molecule has 7 N–H and O–H groups in total. The SMILES string of the molecule is O=C(O)C(Cc1c[nH]c2ccccc12)NC1(CO)O[C@H](CO)[C@@H](O)[C@@H]1O. The number of aliphatic carboxylic acids is 1. The maximum Gasteiger partial charge on any atom is 0.321 e. The van der Waals surface area contributed by atoms with E-state index in [9.17, 15) is 30.3 Å². The van der Waals surface area contributed by atoms with Crippen LogP contribution in [-0.4, -0.2) is 79.8 Å². The molecule has 0 saturated carbocycles. The van der Waals surface area contributed by atoms with Crippen molar-refractivity contribution in [2.75, 3.05) is 13.2 Å². The van der Waals surface area contributed by atoms with Crippen molar-refractivity contribution >= 4 is 16.9 Å². The molecule has 0 amide bonds. The molecule has 9 nitrogen and oxygen atoms in total. The van der Waals surface area contributed by atoms with Crippen LogP contribution in [0.1, 0.15) is 5.56 Å². The summed E-state index contributed by atoms with van der Waals surface area (Å²) in [5, 5.41) is 52.2. The number of rotatable bonds is 7. The summed E-state index contributed by atoms with van der Waals surface area (Å²) in [6.07, 6.45) is -2.44. The molecule has 26 heavy (non-hydrogen) atoms. The number of carboxylic acids is 1. The van der Waals surface area contributed by atoms with Crippen molar-refractivity contribution in [2.45, 2.75) is 36.5 Å². The second kappa shape index (κ2) is 7.31. The number of carbonyl (C=O) groups is 1. The van der Waals surface area contributed by atoms with Gasteiger partial charge in [0, 0.05) is 23.5 Å². The third kappa shape index (κ3) is 3.20. The van der Waals surface area contributed by atoms with Crippen LogP contribution < -0.4 is 5.32 Å². The fraction of sp³-hybridized carbons (Fsp3) is 0.471. The lowest BCUT2D eigenvalue weighted by Crippen LogP contribution is -2.62. The van der Waals surface area contributed by atoms with Gasteiger partial charge < -0.3 is 35.3 Å². The third-order valence-corrected chi connectivity index (χ3v) is 4.77. The number of ether oxygens (including phenoxy) is 1. The summed E-state index contributed by atoms with van der Waals surface area (Å²) in [6, 6.07) is 6.21. The van der Waals surface area contributed by atoms with Crippen molar-refractivity contribution < 1.29 is 35.1 Å². The van der Waals surface area contributed by atoms with Crippen LogP contribution in [0, 0.1) is 0 Å². The highest BCUT2D eigenvalue weighted by Crippen LogP contribution is 2.30. The molecular weight excluding hydrogens is 344 g/mol. The minimum absolute atomic E-state index is 0.0526. The molecule has 1 saturated heterocycles. The minimum atomic E-state index is -1.89. The summed E-state index contributed by atoms with van der Waals surface area (Å²) in [4.78, 5) is 14.8. The van der Waals surface area contributed by atoms with Gasteiger partial charge in [0.05, 0.1) is 13.2 Å². The average Bonchev–Trinajstić information content (AvgIpc) is 3.15. The first-order valence-electron chi connectivity index (χ1n) is 8.23. The number of aliphatic hydroxyl groups excluding tert-OH is 4. The molecule has 0 radical (unpaired) electrons. The lowest BCUT2D eigenvalue weighted by molar-refractivity contribution is -0.158. The number of fused-ring (bicyclic) bond motifs is 1. The molecule has 1 aliphatic rings. The zero-order valence-corrected chi connectivity index (χ0v) is 13.9. The Labute approximate surface area is 148 Å². The van der Waals surface area contributed by atoms with E-state index in [0.717, 1.165) is 16.5 Å². The molecule has 2 aromatic rings. The van der Waals surface area contributed by atoms with Crippen molar-refractivity contribution in [3.8, 4) is 0 Å². The van der Waals surface area contributed by atoms with E-state index in [1.54, 1.807) is 6.20 Å². The van der Waals surface area contributed by atoms with Crippen LogP contribution >= 0.6 is 0 Å². The first-order chi connectivity index (χ1) is 12.4. The van der Waals surface area contributed by atoms with E-state index < -0.39 is 49.3 Å². The van der Waals surface area contributed by atoms with Crippen LogP contribution in [0.3, 0.4) is 0 Å². The quantitative estimate of drug-likeness (QED) is 0.314. The van der Waals surface area contributed by atoms with Gasteiger partial charge in [-0.1, -0.05) is 18.2 Å². The summed E-state index contributed by atoms with van der Waals surface area (Å²) >= 11 is 0. The molecule has 1 aromatic carbocycles. The van der Waals surface area contributed by atoms with E-state index in [2.05, 4.69) is 10.3 Å². The molecule has 1 aliphatic heterocycles. The Morgan fingerprint density at radius 3 is 2.65 bits per heavy atom. The zero-order valence-electron chi connectivity index (χ0n) is 13.9. The summed E-state index contributed by atoms with van der Waals surface area (Å²) in [7, 11) is 0. The molecule has 1 aromatic heterocycles. The number of hydrogen-bond donors (Lipinski definition) is 7. The number of aromatic amines is 1. The normalized spacial score (nSPS) is 29.9. The predicted octanol–water partition coefficient (Wildman–Crippen LogP) is -1.45. The molecule has 1 fully saturated rings. The lowest BCUT2D eigenvalue weighted by atomic mass is 9.99. The highest BCUT2D eigenvalue weighted by molar-refractivity contribution is 5.84. The number of H-pyrrole nitrogens is 1. The van der Waals surface area contributed by atoms with Crippen molar-refractivity contribution in [3.05, 3.63) is 36.0 Å². The fourth-order valence-corrected chi connectivity index (χ4v) is 3.35. The van der Waals surface area contributed by atoms with Crippen molar-refractivity contribution in [2.24, 2.45) is 0 Å². The van der Waals surface area contributed by atoms with Crippen molar-refractivity contribution in [1.29, 1.82) is 0 Å². The smallest absolute Gasteiger partial charge is 0.321 e. The van der Waals surface area contributed by atoms with Gasteiger partial charge in [0.25, 0.3) is 0 Å². The van der Waals surface area contributed by atoms with Gasteiger partial charge in [-0.2, -0.15) is 0 Å². The van der Waals surface area contributed by atoms with Crippen LogP contribution in [0.2, 0.25) is 0 Å². The van der Waals surface area contributed by atoms with Crippen LogP contribution in [-0.2, 0) is 16.0 Å². The van der Waals surface area contributed by atoms with E-state index in [0.29, 0.717) is 0 Å². The standard InChI is InChI=1S/C17H22N2O7/c20-7-13-14(22)15(23)17(8-21,26-13)19-12(16(24)25)5-9-6-18-11-4-2-1-3-10(9)11/h1-4,6,12-15,18-23H,5,7-8H2,(H,24,25)/t12?,13-,14-,15+,17?/m1/s1. The Balaban J connectivity index is 1.85. The number of nitrogens with one attached hydrogen (secondary N) is 2. The topological polar surface area (TPSA) is 155 Å². The van der Waals surface area contributed by atoms with E-state index in [-0.39, 0.29) is 6.42 Å². The van der Waals surface area contributed by atoms with E-state index in [1.807, 2.05) is 24.3 Å².